The van der Waals surface area contributed by atoms with E-state index in [4.69, 9.17) is 0 Å². The van der Waals surface area contributed by atoms with Gasteiger partial charge in [0.15, 0.2) is 0 Å². The van der Waals surface area contributed by atoms with Crippen molar-refractivity contribution in [1.82, 2.24) is 10.6 Å². The van der Waals surface area contributed by atoms with Crippen molar-refractivity contribution in [2.24, 2.45) is 11.8 Å². The fourth-order valence-electron chi connectivity index (χ4n) is 2.10. The summed E-state index contributed by atoms with van der Waals surface area (Å²) >= 11 is 0. The Morgan fingerprint density at radius 3 is 2.72 bits per heavy atom. The van der Waals surface area contributed by atoms with E-state index in [-0.39, 0.29) is 5.91 Å². The van der Waals surface area contributed by atoms with Gasteiger partial charge in [0.1, 0.15) is 0 Å². The zero-order chi connectivity index (χ0) is 12.8. The summed E-state index contributed by atoms with van der Waals surface area (Å²) < 4.78 is 0. The number of carbonyl (C=O) groups is 1. The topological polar surface area (TPSA) is 41.1 Å². The number of hydrogen-bond donors (Lipinski definition) is 2. The first kappa shape index (κ1) is 13.1. The summed E-state index contributed by atoms with van der Waals surface area (Å²) in [6.45, 7) is 4.24. The molecule has 1 aliphatic carbocycles. The number of carbonyl (C=O) groups excluding carboxylic acids is 1. The molecule has 0 aliphatic heterocycles. The van der Waals surface area contributed by atoms with Gasteiger partial charge in [-0.3, -0.25) is 4.79 Å². The Bertz CT molecular complexity index is 373. The second kappa shape index (κ2) is 6.55. The Balaban J connectivity index is 1.57. The molecule has 18 heavy (non-hydrogen) atoms. The van der Waals surface area contributed by atoms with Crippen LogP contribution in [-0.4, -0.2) is 19.0 Å². The Morgan fingerprint density at radius 1 is 1.33 bits per heavy atom. The van der Waals surface area contributed by atoms with Crippen LogP contribution in [0.25, 0.3) is 0 Å². The predicted molar refractivity (Wildman–Crippen MR) is 73.0 cm³/mol. The summed E-state index contributed by atoms with van der Waals surface area (Å²) in [5, 5.41) is 6.15. The molecule has 1 aliphatic rings. The minimum atomic E-state index is 0.0712. The third-order valence-corrected chi connectivity index (χ3v) is 3.51. The monoisotopic (exact) mass is 246 g/mol. The lowest BCUT2D eigenvalue weighted by Crippen LogP contribution is -2.35. The van der Waals surface area contributed by atoms with Crippen molar-refractivity contribution in [2.75, 3.05) is 13.1 Å². The lowest BCUT2D eigenvalue weighted by Gasteiger charge is -2.11. The van der Waals surface area contributed by atoms with Gasteiger partial charge in [-0.25, -0.2) is 0 Å². The maximum Gasteiger partial charge on any atom is 0.234 e. The summed E-state index contributed by atoms with van der Waals surface area (Å²) in [7, 11) is 0. The van der Waals surface area contributed by atoms with Crippen LogP contribution in [0.3, 0.4) is 0 Å². The second-order valence-corrected chi connectivity index (χ2v) is 5.21. The van der Waals surface area contributed by atoms with Crippen LogP contribution < -0.4 is 10.6 Å². The molecule has 2 N–H and O–H groups in total. The minimum Gasteiger partial charge on any atom is -0.351 e. The molecule has 1 fully saturated rings. The molecule has 0 spiro atoms. The number of amides is 1. The molecule has 0 heterocycles. The first-order valence-corrected chi connectivity index (χ1v) is 6.77. The largest absolute Gasteiger partial charge is 0.351 e. The molecule has 98 valence electrons. The molecule has 3 nitrogen and oxygen atoms in total. The highest BCUT2D eigenvalue weighted by Gasteiger charge is 2.27. The van der Waals surface area contributed by atoms with Crippen LogP contribution in [0.2, 0.25) is 0 Å². The standard InChI is InChI=1S/C15H22N2O/c1-12(14-7-8-14)9-16-11-15(18)17-10-13-5-3-2-4-6-13/h2-6,12,14,16H,7-11H2,1H3,(H,17,18). The second-order valence-electron chi connectivity index (χ2n) is 5.21. The SMILES string of the molecule is CC(CNCC(=O)NCc1ccccc1)C1CC1. The Morgan fingerprint density at radius 2 is 2.06 bits per heavy atom. The first-order valence-electron chi connectivity index (χ1n) is 6.77. The van der Waals surface area contributed by atoms with Crippen molar-refractivity contribution in [3.63, 3.8) is 0 Å². The molecule has 1 aromatic rings. The van der Waals surface area contributed by atoms with Crippen molar-refractivity contribution >= 4 is 5.91 Å². The van der Waals surface area contributed by atoms with Crippen LogP contribution in [0.1, 0.15) is 25.3 Å². The van der Waals surface area contributed by atoms with Gasteiger partial charge in [0.05, 0.1) is 6.54 Å². The molecule has 0 radical (unpaired) electrons. The highest BCUT2D eigenvalue weighted by atomic mass is 16.1. The molecule has 2 rings (SSSR count). The zero-order valence-corrected chi connectivity index (χ0v) is 11.0. The third-order valence-electron chi connectivity index (χ3n) is 3.51. The van der Waals surface area contributed by atoms with Crippen molar-refractivity contribution < 1.29 is 4.79 Å². The van der Waals surface area contributed by atoms with Crippen LogP contribution in [0.5, 0.6) is 0 Å². The fourth-order valence-corrected chi connectivity index (χ4v) is 2.10. The summed E-state index contributed by atoms with van der Waals surface area (Å²) in [5.41, 5.74) is 1.14. The summed E-state index contributed by atoms with van der Waals surface area (Å²) in [6.07, 6.45) is 2.73. The van der Waals surface area contributed by atoms with E-state index in [9.17, 15) is 4.79 Å². The zero-order valence-electron chi connectivity index (χ0n) is 11.0. The van der Waals surface area contributed by atoms with Gasteiger partial charge in [0.2, 0.25) is 5.91 Å². The minimum absolute atomic E-state index is 0.0712. The Kier molecular flexibility index (Phi) is 4.76. The Hall–Kier alpha value is -1.35. The van der Waals surface area contributed by atoms with E-state index < -0.39 is 0 Å². The van der Waals surface area contributed by atoms with E-state index in [1.807, 2.05) is 30.3 Å². The highest BCUT2D eigenvalue weighted by molar-refractivity contribution is 5.77. The van der Waals surface area contributed by atoms with Crippen molar-refractivity contribution in [3.05, 3.63) is 35.9 Å². The number of rotatable bonds is 7. The predicted octanol–water partition coefficient (Wildman–Crippen LogP) is 1.94. The van der Waals surface area contributed by atoms with Crippen molar-refractivity contribution in [3.8, 4) is 0 Å². The number of nitrogens with one attached hydrogen (secondary N) is 2. The summed E-state index contributed by atoms with van der Waals surface area (Å²) in [6, 6.07) is 9.98. The number of hydrogen-bond acceptors (Lipinski definition) is 2. The lowest BCUT2D eigenvalue weighted by atomic mass is 10.1. The van der Waals surface area contributed by atoms with Crippen molar-refractivity contribution in [2.45, 2.75) is 26.3 Å². The molecule has 0 bridgehead atoms. The molecule has 1 amide bonds. The Labute approximate surface area is 109 Å². The molecular formula is C15H22N2O. The lowest BCUT2D eigenvalue weighted by molar-refractivity contribution is -0.120. The van der Waals surface area contributed by atoms with E-state index in [0.717, 1.165) is 18.0 Å². The van der Waals surface area contributed by atoms with Gasteiger partial charge in [-0.15, -0.1) is 0 Å². The maximum atomic E-state index is 11.6. The van der Waals surface area contributed by atoms with Gasteiger partial charge in [-0.2, -0.15) is 0 Å². The normalized spacial score (nSPS) is 16.3. The van der Waals surface area contributed by atoms with Gasteiger partial charge in [0, 0.05) is 6.54 Å². The smallest absolute Gasteiger partial charge is 0.234 e. The van der Waals surface area contributed by atoms with E-state index >= 15 is 0 Å². The summed E-state index contributed by atoms with van der Waals surface area (Å²) in [5.74, 6) is 1.67. The quantitative estimate of drug-likeness (QED) is 0.772. The molecule has 1 unspecified atom stereocenters. The van der Waals surface area contributed by atoms with E-state index in [1.54, 1.807) is 0 Å². The van der Waals surface area contributed by atoms with Crippen LogP contribution in [0, 0.1) is 11.8 Å². The molecule has 1 saturated carbocycles. The van der Waals surface area contributed by atoms with Gasteiger partial charge in [-0.05, 0) is 36.8 Å². The molecule has 0 aromatic heterocycles. The van der Waals surface area contributed by atoms with Gasteiger partial charge in [0.25, 0.3) is 0 Å². The van der Waals surface area contributed by atoms with Crippen LogP contribution in [-0.2, 0) is 11.3 Å². The average molecular weight is 246 g/mol. The van der Waals surface area contributed by atoms with Crippen LogP contribution in [0.15, 0.2) is 30.3 Å². The van der Waals surface area contributed by atoms with E-state index in [2.05, 4.69) is 17.6 Å². The van der Waals surface area contributed by atoms with E-state index in [0.29, 0.717) is 19.0 Å². The van der Waals surface area contributed by atoms with Crippen molar-refractivity contribution in [1.29, 1.82) is 0 Å². The van der Waals surface area contributed by atoms with Gasteiger partial charge < -0.3 is 10.6 Å². The molecule has 3 heteroatoms. The van der Waals surface area contributed by atoms with Gasteiger partial charge in [-0.1, -0.05) is 37.3 Å². The average Bonchev–Trinajstić information content (AvgIpc) is 3.22. The summed E-state index contributed by atoms with van der Waals surface area (Å²) in [4.78, 5) is 11.6. The third kappa shape index (κ3) is 4.49. The van der Waals surface area contributed by atoms with Crippen LogP contribution in [0.4, 0.5) is 0 Å². The van der Waals surface area contributed by atoms with E-state index in [1.165, 1.54) is 12.8 Å². The fraction of sp³-hybridized carbons (Fsp3) is 0.533. The van der Waals surface area contributed by atoms with Gasteiger partial charge >= 0.3 is 0 Å². The maximum absolute atomic E-state index is 11.6. The first-order chi connectivity index (χ1) is 8.75. The van der Waals surface area contributed by atoms with Crippen LogP contribution >= 0.6 is 0 Å². The highest BCUT2D eigenvalue weighted by Crippen LogP contribution is 2.35. The molecule has 0 saturated heterocycles. The number of benzene rings is 1. The molecule has 1 aromatic carbocycles. The molecular weight excluding hydrogens is 224 g/mol. The molecule has 1 atom stereocenters.